The third-order valence-corrected chi connectivity index (χ3v) is 5.12. The van der Waals surface area contributed by atoms with Crippen molar-refractivity contribution < 1.29 is 14.7 Å². The van der Waals surface area contributed by atoms with E-state index in [1.807, 2.05) is 11.8 Å². The minimum absolute atomic E-state index is 0.00931. The summed E-state index contributed by atoms with van der Waals surface area (Å²) < 4.78 is 0. The van der Waals surface area contributed by atoms with Gasteiger partial charge in [0.2, 0.25) is 0 Å². The summed E-state index contributed by atoms with van der Waals surface area (Å²) in [5, 5.41) is 9.16. The predicted molar refractivity (Wildman–Crippen MR) is 80.2 cm³/mol. The maximum atomic E-state index is 12.6. The fourth-order valence-corrected chi connectivity index (χ4v) is 3.33. The van der Waals surface area contributed by atoms with Crippen molar-refractivity contribution in [3.05, 3.63) is 0 Å². The van der Waals surface area contributed by atoms with E-state index in [-0.39, 0.29) is 12.1 Å². The first-order valence-corrected chi connectivity index (χ1v) is 7.98. The van der Waals surface area contributed by atoms with Gasteiger partial charge >= 0.3 is 12.0 Å². The number of carbonyl (C=O) groups is 2. The predicted octanol–water partition coefficient (Wildman–Crippen LogP) is 1.32. The molecule has 0 aromatic carbocycles. The van der Waals surface area contributed by atoms with Gasteiger partial charge in [-0.3, -0.25) is 9.69 Å². The van der Waals surface area contributed by atoms with Crippen molar-refractivity contribution in [2.24, 2.45) is 5.92 Å². The molecule has 3 atom stereocenters. The molecule has 120 valence electrons. The first-order valence-electron chi connectivity index (χ1n) is 7.98. The van der Waals surface area contributed by atoms with E-state index in [0.29, 0.717) is 19.0 Å². The van der Waals surface area contributed by atoms with Crippen LogP contribution in [-0.4, -0.2) is 76.6 Å². The molecule has 0 spiro atoms. The van der Waals surface area contributed by atoms with E-state index in [1.54, 1.807) is 4.90 Å². The van der Waals surface area contributed by atoms with E-state index in [1.165, 1.54) is 0 Å². The van der Waals surface area contributed by atoms with E-state index in [9.17, 15) is 9.59 Å². The van der Waals surface area contributed by atoms with Crippen LogP contribution in [-0.2, 0) is 4.79 Å². The Kier molecular flexibility index (Phi) is 5.08. The molecule has 21 heavy (non-hydrogen) atoms. The number of hydrogen-bond acceptors (Lipinski definition) is 3. The Bertz CT molecular complexity index is 394. The topological polar surface area (TPSA) is 64.1 Å². The molecule has 2 fully saturated rings. The molecule has 0 aliphatic carbocycles. The molecule has 0 radical (unpaired) electrons. The number of rotatable bonds is 3. The normalized spacial score (nSPS) is 28.7. The highest BCUT2D eigenvalue weighted by atomic mass is 16.4. The van der Waals surface area contributed by atoms with Gasteiger partial charge in [0.15, 0.2) is 0 Å². The molecule has 0 aromatic rings. The highest BCUT2D eigenvalue weighted by Crippen LogP contribution is 2.25. The summed E-state index contributed by atoms with van der Waals surface area (Å²) in [5.41, 5.74) is 0. The number of amides is 2. The highest BCUT2D eigenvalue weighted by molar-refractivity contribution is 5.78. The smallest absolute Gasteiger partial charge is 0.320 e. The molecule has 2 aliphatic rings. The van der Waals surface area contributed by atoms with Crippen LogP contribution < -0.4 is 0 Å². The van der Waals surface area contributed by atoms with E-state index in [0.717, 1.165) is 32.6 Å². The van der Waals surface area contributed by atoms with Crippen LogP contribution in [0.2, 0.25) is 0 Å². The van der Waals surface area contributed by atoms with Crippen LogP contribution in [0.4, 0.5) is 4.79 Å². The molecule has 2 amide bonds. The number of carboxylic acids is 1. The SMILES string of the molecule is CCC(C)N1CCN(C(=O)N2CCC(C(=O)O)C2C)CC1. The van der Waals surface area contributed by atoms with Crippen molar-refractivity contribution in [2.45, 2.75) is 45.7 Å². The van der Waals surface area contributed by atoms with Crippen LogP contribution in [0.3, 0.4) is 0 Å². The van der Waals surface area contributed by atoms with Gasteiger partial charge in [-0.1, -0.05) is 6.92 Å². The molecule has 0 bridgehead atoms. The van der Waals surface area contributed by atoms with Gasteiger partial charge in [0.25, 0.3) is 0 Å². The van der Waals surface area contributed by atoms with Crippen LogP contribution >= 0.6 is 0 Å². The third-order valence-electron chi connectivity index (χ3n) is 5.12. The lowest BCUT2D eigenvalue weighted by Crippen LogP contribution is -2.55. The molecule has 3 unspecified atom stereocenters. The maximum absolute atomic E-state index is 12.6. The van der Waals surface area contributed by atoms with Gasteiger partial charge in [0, 0.05) is 44.8 Å². The number of nitrogens with zero attached hydrogens (tertiary/aromatic N) is 3. The van der Waals surface area contributed by atoms with Crippen molar-refractivity contribution in [2.75, 3.05) is 32.7 Å². The Balaban J connectivity index is 1.89. The van der Waals surface area contributed by atoms with Crippen LogP contribution in [0.25, 0.3) is 0 Å². The van der Waals surface area contributed by atoms with Crippen molar-refractivity contribution >= 4 is 12.0 Å². The standard InChI is InChI=1S/C15H27N3O3/c1-4-11(2)16-7-9-17(10-8-16)15(21)18-6-5-13(12(18)3)14(19)20/h11-13H,4-10H2,1-3H3,(H,19,20). The van der Waals surface area contributed by atoms with Gasteiger partial charge in [-0.05, 0) is 26.7 Å². The summed E-state index contributed by atoms with van der Waals surface area (Å²) in [5.74, 6) is -1.21. The highest BCUT2D eigenvalue weighted by Gasteiger charge is 2.40. The van der Waals surface area contributed by atoms with E-state index in [4.69, 9.17) is 5.11 Å². The molecular weight excluding hydrogens is 270 g/mol. The zero-order chi connectivity index (χ0) is 15.6. The van der Waals surface area contributed by atoms with E-state index < -0.39 is 11.9 Å². The molecule has 2 aliphatic heterocycles. The summed E-state index contributed by atoms with van der Waals surface area (Å²) in [6.45, 7) is 10.1. The second-order valence-corrected chi connectivity index (χ2v) is 6.23. The summed E-state index contributed by atoms with van der Waals surface area (Å²) in [6, 6.07) is 0.363. The second-order valence-electron chi connectivity index (χ2n) is 6.23. The van der Waals surface area contributed by atoms with E-state index in [2.05, 4.69) is 18.7 Å². The number of piperazine rings is 1. The van der Waals surface area contributed by atoms with Gasteiger partial charge < -0.3 is 14.9 Å². The van der Waals surface area contributed by atoms with Crippen molar-refractivity contribution in [1.29, 1.82) is 0 Å². The van der Waals surface area contributed by atoms with E-state index >= 15 is 0 Å². The lowest BCUT2D eigenvalue weighted by Gasteiger charge is -2.40. The molecule has 2 rings (SSSR count). The van der Waals surface area contributed by atoms with Gasteiger partial charge in [0.05, 0.1) is 5.92 Å². The Morgan fingerprint density at radius 2 is 1.81 bits per heavy atom. The van der Waals surface area contributed by atoms with Crippen LogP contribution in [0, 0.1) is 5.92 Å². The number of carbonyl (C=O) groups excluding carboxylic acids is 1. The number of hydrogen-bond donors (Lipinski definition) is 1. The van der Waals surface area contributed by atoms with Crippen molar-refractivity contribution in [1.82, 2.24) is 14.7 Å². The first kappa shape index (κ1) is 16.1. The van der Waals surface area contributed by atoms with Gasteiger partial charge in [-0.2, -0.15) is 0 Å². The first-order chi connectivity index (χ1) is 9.95. The summed E-state index contributed by atoms with van der Waals surface area (Å²) >= 11 is 0. The summed E-state index contributed by atoms with van der Waals surface area (Å²) in [7, 11) is 0. The number of urea groups is 1. The average Bonchev–Trinajstić information content (AvgIpc) is 2.87. The number of carboxylic acid groups (broad SMARTS) is 1. The fourth-order valence-electron chi connectivity index (χ4n) is 3.33. The third kappa shape index (κ3) is 3.31. The average molecular weight is 297 g/mol. The minimum atomic E-state index is -0.792. The maximum Gasteiger partial charge on any atom is 0.320 e. The lowest BCUT2D eigenvalue weighted by molar-refractivity contribution is -0.142. The van der Waals surface area contributed by atoms with Gasteiger partial charge in [0.1, 0.15) is 0 Å². The Hall–Kier alpha value is -1.30. The van der Waals surface area contributed by atoms with Crippen LogP contribution in [0.15, 0.2) is 0 Å². The summed E-state index contributed by atoms with van der Waals surface area (Å²) in [6.07, 6.45) is 1.69. The summed E-state index contributed by atoms with van der Waals surface area (Å²) in [4.78, 5) is 29.7. The second kappa shape index (κ2) is 6.64. The molecule has 6 nitrogen and oxygen atoms in total. The number of likely N-dealkylation sites (tertiary alicyclic amines) is 1. The van der Waals surface area contributed by atoms with Crippen LogP contribution in [0.5, 0.6) is 0 Å². The Morgan fingerprint density at radius 1 is 1.19 bits per heavy atom. The van der Waals surface area contributed by atoms with Crippen molar-refractivity contribution in [3.8, 4) is 0 Å². The monoisotopic (exact) mass is 297 g/mol. The zero-order valence-electron chi connectivity index (χ0n) is 13.3. The Labute approximate surface area is 126 Å². The molecule has 6 heteroatoms. The molecule has 2 saturated heterocycles. The van der Waals surface area contributed by atoms with Crippen molar-refractivity contribution in [3.63, 3.8) is 0 Å². The fraction of sp³-hybridized carbons (Fsp3) is 0.867. The molecule has 2 heterocycles. The molecule has 0 aromatic heterocycles. The Morgan fingerprint density at radius 3 is 2.29 bits per heavy atom. The van der Waals surface area contributed by atoms with Gasteiger partial charge in [-0.15, -0.1) is 0 Å². The minimum Gasteiger partial charge on any atom is -0.481 e. The van der Waals surface area contributed by atoms with Crippen LogP contribution in [0.1, 0.15) is 33.6 Å². The molecular formula is C15H27N3O3. The molecule has 0 saturated carbocycles. The lowest BCUT2D eigenvalue weighted by atomic mass is 10.0. The molecule has 1 N–H and O–H groups in total. The quantitative estimate of drug-likeness (QED) is 0.853. The number of aliphatic carboxylic acids is 1. The van der Waals surface area contributed by atoms with Gasteiger partial charge in [-0.25, -0.2) is 4.79 Å². The zero-order valence-corrected chi connectivity index (χ0v) is 13.3. The largest absolute Gasteiger partial charge is 0.481 e.